The fraction of sp³-hybridized carbons (Fsp3) is 0.455. The Labute approximate surface area is 192 Å². The molecule has 3 rings (SSSR count). The van der Waals surface area contributed by atoms with E-state index in [1.165, 1.54) is 12.0 Å². The van der Waals surface area contributed by atoms with Gasteiger partial charge in [0.05, 0.1) is 35.5 Å². The van der Waals surface area contributed by atoms with Crippen LogP contribution in [-0.4, -0.2) is 67.5 Å². The number of thioether (sulfide) groups is 1. The van der Waals surface area contributed by atoms with Crippen molar-refractivity contribution in [2.75, 3.05) is 45.3 Å². The van der Waals surface area contributed by atoms with Crippen LogP contribution in [0.25, 0.3) is 0 Å². The number of rotatable bonds is 9. The molecule has 1 aliphatic rings. The van der Waals surface area contributed by atoms with Crippen LogP contribution in [0.2, 0.25) is 5.02 Å². The van der Waals surface area contributed by atoms with Crippen molar-refractivity contribution in [1.29, 1.82) is 0 Å². The first kappa shape index (κ1) is 23.7. The molecule has 0 spiro atoms. The van der Waals surface area contributed by atoms with Crippen molar-refractivity contribution in [3.63, 3.8) is 0 Å². The summed E-state index contributed by atoms with van der Waals surface area (Å²) in [6.45, 7) is 2.69. The maximum Gasteiger partial charge on any atom is 0.255 e. The molecule has 1 saturated heterocycles. The molecule has 0 aliphatic carbocycles. The van der Waals surface area contributed by atoms with Gasteiger partial charge in [-0.2, -0.15) is 0 Å². The highest BCUT2D eigenvalue weighted by molar-refractivity contribution is 7.99. The monoisotopic (exact) mass is 464 g/mol. The minimum absolute atomic E-state index is 0.0824. The molecule has 0 radical (unpaired) electrons. The number of pyridine rings is 1. The lowest BCUT2D eigenvalue weighted by Crippen LogP contribution is -2.55. The first-order chi connectivity index (χ1) is 15.0. The summed E-state index contributed by atoms with van der Waals surface area (Å²) in [5, 5.41) is 3.41. The van der Waals surface area contributed by atoms with Crippen LogP contribution in [0, 0.1) is 0 Å². The number of carbonyl (C=O) groups is 1. The molecule has 1 aromatic heterocycles. The van der Waals surface area contributed by atoms with Crippen LogP contribution >= 0.6 is 23.4 Å². The SMILES string of the molecule is COc1cc(N)c(Cl)cc1C(=O)NC1CCN(CCCSc2ccncc2)CC1OC. The molecule has 31 heavy (non-hydrogen) atoms. The summed E-state index contributed by atoms with van der Waals surface area (Å²) in [5.41, 5.74) is 6.56. The van der Waals surface area contributed by atoms with Gasteiger partial charge in [-0.05, 0) is 43.3 Å². The summed E-state index contributed by atoms with van der Waals surface area (Å²) < 4.78 is 11.0. The topological polar surface area (TPSA) is 89.7 Å². The number of nitrogen functional groups attached to an aromatic ring is 1. The highest BCUT2D eigenvalue weighted by Gasteiger charge is 2.31. The van der Waals surface area contributed by atoms with Crippen molar-refractivity contribution in [3.05, 3.63) is 47.2 Å². The van der Waals surface area contributed by atoms with Gasteiger partial charge in [-0.3, -0.25) is 9.78 Å². The van der Waals surface area contributed by atoms with Crippen molar-refractivity contribution < 1.29 is 14.3 Å². The number of methoxy groups -OCH3 is 2. The van der Waals surface area contributed by atoms with Gasteiger partial charge in [0.25, 0.3) is 5.91 Å². The van der Waals surface area contributed by atoms with Crippen molar-refractivity contribution in [1.82, 2.24) is 15.2 Å². The first-order valence-electron chi connectivity index (χ1n) is 10.2. The number of anilines is 1. The summed E-state index contributed by atoms with van der Waals surface area (Å²) in [5.74, 6) is 1.21. The van der Waals surface area contributed by atoms with Crippen LogP contribution < -0.4 is 15.8 Å². The fourth-order valence-corrected chi connectivity index (χ4v) is 4.65. The molecule has 1 fully saturated rings. The Bertz CT molecular complexity index is 871. The van der Waals surface area contributed by atoms with Gasteiger partial charge in [-0.15, -0.1) is 11.8 Å². The van der Waals surface area contributed by atoms with Gasteiger partial charge in [0.15, 0.2) is 0 Å². The Morgan fingerprint density at radius 2 is 2.13 bits per heavy atom. The van der Waals surface area contributed by atoms with Crippen LogP contribution in [0.3, 0.4) is 0 Å². The van der Waals surface area contributed by atoms with Gasteiger partial charge in [-0.1, -0.05) is 11.6 Å². The molecule has 9 heteroatoms. The van der Waals surface area contributed by atoms with Gasteiger partial charge in [0, 0.05) is 43.6 Å². The second-order valence-electron chi connectivity index (χ2n) is 7.40. The number of nitrogens with zero attached hydrogens (tertiary/aromatic N) is 2. The van der Waals surface area contributed by atoms with E-state index in [2.05, 4.69) is 15.2 Å². The molecular formula is C22H29ClN4O3S. The molecule has 2 atom stereocenters. The summed E-state index contributed by atoms with van der Waals surface area (Å²) in [6, 6.07) is 7.09. The predicted octanol–water partition coefficient (Wildman–Crippen LogP) is 3.33. The third-order valence-electron chi connectivity index (χ3n) is 5.36. The van der Waals surface area contributed by atoms with Crippen molar-refractivity contribution in [3.8, 4) is 5.75 Å². The molecular weight excluding hydrogens is 436 g/mol. The summed E-state index contributed by atoms with van der Waals surface area (Å²) in [6.07, 6.45) is 5.45. The van der Waals surface area contributed by atoms with Crippen LogP contribution in [0.1, 0.15) is 23.2 Å². The van der Waals surface area contributed by atoms with Crippen molar-refractivity contribution in [2.24, 2.45) is 0 Å². The Balaban J connectivity index is 1.50. The van der Waals surface area contributed by atoms with E-state index in [-0.39, 0.29) is 18.1 Å². The Morgan fingerprint density at radius 3 is 2.84 bits per heavy atom. The Kier molecular flexibility index (Phi) is 8.83. The standard InChI is InChI=1S/C22H29ClN4O3S/c1-29-20-13-18(24)17(23)12-16(20)22(28)26-19-6-10-27(14-21(19)30-2)9-3-11-31-15-4-7-25-8-5-15/h4-5,7-8,12-13,19,21H,3,6,9-11,14,24H2,1-2H3,(H,26,28). The van der Waals surface area contributed by atoms with E-state index in [1.54, 1.807) is 19.2 Å². The minimum Gasteiger partial charge on any atom is -0.496 e. The third-order valence-corrected chi connectivity index (χ3v) is 6.79. The molecule has 3 N–H and O–H groups in total. The maximum absolute atomic E-state index is 12.9. The molecule has 2 heterocycles. The normalized spacial score (nSPS) is 19.2. The van der Waals surface area contributed by atoms with E-state index >= 15 is 0 Å². The van der Waals surface area contributed by atoms with Crippen molar-refractivity contribution in [2.45, 2.75) is 29.9 Å². The fourth-order valence-electron chi connectivity index (χ4n) is 3.66. The molecule has 2 aromatic rings. The lowest BCUT2D eigenvalue weighted by molar-refractivity contribution is 0.00655. The highest BCUT2D eigenvalue weighted by Crippen LogP contribution is 2.29. The summed E-state index contributed by atoms with van der Waals surface area (Å²) in [7, 11) is 3.19. The number of nitrogens with one attached hydrogen (secondary N) is 1. The third kappa shape index (κ3) is 6.49. The molecule has 1 aromatic carbocycles. The number of aromatic nitrogens is 1. The zero-order chi connectivity index (χ0) is 22.2. The predicted molar refractivity (Wildman–Crippen MR) is 125 cm³/mol. The number of hydrogen-bond acceptors (Lipinski definition) is 7. The summed E-state index contributed by atoms with van der Waals surface area (Å²) in [4.78, 5) is 20.6. The molecule has 7 nitrogen and oxygen atoms in total. The lowest BCUT2D eigenvalue weighted by Gasteiger charge is -2.38. The van der Waals surface area contributed by atoms with E-state index in [4.69, 9.17) is 26.8 Å². The van der Waals surface area contributed by atoms with Crippen LogP contribution in [-0.2, 0) is 4.74 Å². The van der Waals surface area contributed by atoms with Gasteiger partial charge in [0.1, 0.15) is 5.75 Å². The highest BCUT2D eigenvalue weighted by atomic mass is 35.5. The van der Waals surface area contributed by atoms with E-state index in [0.29, 0.717) is 22.0 Å². The van der Waals surface area contributed by atoms with Gasteiger partial charge < -0.3 is 25.4 Å². The number of nitrogens with two attached hydrogens (primary N) is 1. The van der Waals surface area contributed by atoms with E-state index in [9.17, 15) is 4.79 Å². The summed E-state index contributed by atoms with van der Waals surface area (Å²) >= 11 is 7.95. The smallest absolute Gasteiger partial charge is 0.255 e. The molecule has 0 bridgehead atoms. The second-order valence-corrected chi connectivity index (χ2v) is 8.98. The van der Waals surface area contributed by atoms with Gasteiger partial charge in [0.2, 0.25) is 0 Å². The number of likely N-dealkylation sites (tertiary alicyclic amines) is 1. The largest absolute Gasteiger partial charge is 0.496 e. The zero-order valence-corrected chi connectivity index (χ0v) is 19.4. The minimum atomic E-state index is -0.243. The zero-order valence-electron chi connectivity index (χ0n) is 17.8. The van der Waals surface area contributed by atoms with Gasteiger partial charge >= 0.3 is 0 Å². The van der Waals surface area contributed by atoms with Crippen LogP contribution in [0.5, 0.6) is 5.75 Å². The van der Waals surface area contributed by atoms with E-state index < -0.39 is 0 Å². The number of ether oxygens (including phenoxy) is 2. The number of benzene rings is 1. The number of piperidine rings is 1. The average Bonchev–Trinajstić information content (AvgIpc) is 2.79. The van der Waals surface area contributed by atoms with Gasteiger partial charge in [-0.25, -0.2) is 0 Å². The van der Waals surface area contributed by atoms with Crippen molar-refractivity contribution >= 4 is 35.0 Å². The molecule has 1 aliphatic heterocycles. The molecule has 168 valence electrons. The Morgan fingerprint density at radius 1 is 1.35 bits per heavy atom. The van der Waals surface area contributed by atoms with E-state index in [1.807, 2.05) is 36.3 Å². The van der Waals surface area contributed by atoms with Crippen LogP contribution in [0.15, 0.2) is 41.6 Å². The lowest BCUT2D eigenvalue weighted by atomic mass is 10.0. The molecule has 0 saturated carbocycles. The number of amides is 1. The Hall–Kier alpha value is -2.00. The molecule has 2 unspecified atom stereocenters. The quantitative estimate of drug-likeness (QED) is 0.334. The molecule has 1 amide bonds. The average molecular weight is 465 g/mol. The maximum atomic E-state index is 12.9. The number of halogens is 1. The number of hydrogen-bond donors (Lipinski definition) is 2. The number of carbonyl (C=O) groups excluding carboxylic acids is 1. The second kappa shape index (κ2) is 11.6. The first-order valence-corrected chi connectivity index (χ1v) is 11.6. The van der Waals surface area contributed by atoms with Crippen LogP contribution in [0.4, 0.5) is 5.69 Å². The van der Waals surface area contributed by atoms with E-state index in [0.717, 1.165) is 38.2 Å².